The Balaban J connectivity index is 0.00000156. The second kappa shape index (κ2) is 5.42. The zero-order valence-electron chi connectivity index (χ0n) is 12.9. The second-order valence-electron chi connectivity index (χ2n) is 5.41. The summed E-state index contributed by atoms with van der Waals surface area (Å²) < 4.78 is 0. The van der Waals surface area contributed by atoms with Gasteiger partial charge in [0.15, 0.2) is 0 Å². The molecule has 2 aromatic rings. The Morgan fingerprint density at radius 1 is 0.957 bits per heavy atom. The Hall–Kier alpha value is -2.83. The molecule has 2 heterocycles. The quantitative estimate of drug-likeness (QED) is 0.879. The van der Waals surface area contributed by atoms with Crippen LogP contribution in [-0.4, -0.2) is 16.3 Å². The molecule has 4 rings (SSSR count). The number of hydrogen-bond acceptors (Lipinski definition) is 4. The Kier molecular flexibility index (Phi) is 3.55. The van der Waals surface area contributed by atoms with Gasteiger partial charge in [-0.25, -0.2) is 15.0 Å². The number of allylic oxidation sites excluding steroid dienone is 1. The topological polar surface area (TPSA) is 84.7 Å². The van der Waals surface area contributed by atoms with Gasteiger partial charge in [-0.15, -0.1) is 0 Å². The van der Waals surface area contributed by atoms with Crippen LogP contribution in [0.3, 0.4) is 0 Å². The van der Waals surface area contributed by atoms with Gasteiger partial charge in [-0.05, 0) is 49.2 Å². The van der Waals surface area contributed by atoms with Crippen LogP contribution in [0.5, 0.6) is 0 Å². The first-order chi connectivity index (χ1) is 10.6. The number of nitrogens with zero attached hydrogens (tertiary/aromatic N) is 4. The molecular weight excluding hydrogens is 292 g/mol. The van der Waals surface area contributed by atoms with Gasteiger partial charge in [-0.1, -0.05) is 24.3 Å². The predicted octanol–water partition coefficient (Wildman–Crippen LogP) is 2.76. The highest BCUT2D eigenvalue weighted by Crippen LogP contribution is 2.40. The predicted molar refractivity (Wildman–Crippen MR) is 90.8 cm³/mol. The van der Waals surface area contributed by atoms with Crippen molar-refractivity contribution in [2.45, 2.75) is 13.8 Å². The molecule has 0 atom stereocenters. The maximum absolute atomic E-state index is 10.6. The van der Waals surface area contributed by atoms with E-state index in [1.54, 1.807) is 10.0 Å². The Morgan fingerprint density at radius 2 is 1.74 bits per heavy atom. The fourth-order valence-corrected chi connectivity index (χ4v) is 2.76. The van der Waals surface area contributed by atoms with Gasteiger partial charge in [0.2, 0.25) is 5.88 Å². The molecule has 6 nitrogen and oxygen atoms in total. The third kappa shape index (κ3) is 2.25. The fourth-order valence-electron chi connectivity index (χ4n) is 2.76. The number of anilines is 2. The van der Waals surface area contributed by atoms with Crippen molar-refractivity contribution in [1.82, 2.24) is 5.53 Å². The van der Waals surface area contributed by atoms with E-state index >= 15 is 0 Å². The number of fused-ring (bicyclic) bond motifs is 3. The summed E-state index contributed by atoms with van der Waals surface area (Å²) in [5.74, 6) is 0.0985. The summed E-state index contributed by atoms with van der Waals surface area (Å²) in [6.45, 7) is 3.89. The van der Waals surface area contributed by atoms with Crippen LogP contribution in [0.2, 0.25) is 0 Å². The van der Waals surface area contributed by atoms with Gasteiger partial charge < -0.3 is 10.6 Å². The maximum Gasteiger partial charge on any atom is 0.237 e. The van der Waals surface area contributed by atoms with Crippen molar-refractivity contribution in [3.8, 4) is 0 Å². The minimum Gasteiger partial charge on any atom is -0.492 e. The molecule has 2 aromatic carbocycles. The standard InChI is InChI=1S/C17H15N4O.H2O/c1-11-6-5-7-13(10-11)20-17(22)16-12(2)18-14-8-3-4-9-15(14)21(16)19-20;/h3-10,22H,1-2H3;1H2. The fraction of sp³-hybridized carbons (Fsp3) is 0.118. The van der Waals surface area contributed by atoms with E-state index in [0.29, 0.717) is 5.70 Å². The molecule has 6 heteroatoms. The molecule has 0 fully saturated rings. The van der Waals surface area contributed by atoms with E-state index in [4.69, 9.17) is 0 Å². The molecule has 0 spiro atoms. The van der Waals surface area contributed by atoms with E-state index in [1.807, 2.05) is 62.4 Å². The molecule has 2 aliphatic rings. The minimum atomic E-state index is 0. The molecule has 0 saturated carbocycles. The van der Waals surface area contributed by atoms with Crippen LogP contribution in [0, 0.1) is 6.92 Å². The second-order valence-corrected chi connectivity index (χ2v) is 5.41. The highest BCUT2D eigenvalue weighted by molar-refractivity contribution is 6.07. The average Bonchev–Trinajstić information content (AvgIpc) is 2.86. The van der Waals surface area contributed by atoms with Crippen molar-refractivity contribution in [2.75, 3.05) is 10.0 Å². The summed E-state index contributed by atoms with van der Waals surface area (Å²) in [4.78, 5) is 4.56. The maximum atomic E-state index is 10.6. The number of hydrogen-bond donors (Lipinski definition) is 1. The number of benzene rings is 2. The van der Waals surface area contributed by atoms with Crippen LogP contribution in [0.25, 0.3) is 0 Å². The number of aryl methyl sites for hydroxylation is 1. The first kappa shape index (κ1) is 15.1. The molecule has 23 heavy (non-hydrogen) atoms. The van der Waals surface area contributed by atoms with Crippen LogP contribution in [0.15, 0.2) is 65.1 Å². The zero-order chi connectivity index (χ0) is 15.3. The molecule has 2 aliphatic heterocycles. The van der Waals surface area contributed by atoms with Gasteiger partial charge in [0.1, 0.15) is 5.70 Å². The first-order valence-electron chi connectivity index (χ1n) is 7.11. The number of aliphatic hydroxyl groups excluding tert-OH is 1. The van der Waals surface area contributed by atoms with Crippen molar-refractivity contribution in [3.05, 3.63) is 65.7 Å². The van der Waals surface area contributed by atoms with Crippen LogP contribution >= 0.6 is 0 Å². The molecule has 0 saturated heterocycles. The molecule has 3 N–H and O–H groups in total. The van der Waals surface area contributed by atoms with E-state index in [-0.39, 0.29) is 11.4 Å². The number of para-hydroxylation sites is 2. The third-order valence-electron chi connectivity index (χ3n) is 3.79. The monoisotopic (exact) mass is 309 g/mol. The lowest BCUT2D eigenvalue weighted by Crippen LogP contribution is -2.36. The summed E-state index contributed by atoms with van der Waals surface area (Å²) in [5, 5.41) is 13.9. The van der Waals surface area contributed by atoms with Crippen molar-refractivity contribution in [3.63, 3.8) is 0 Å². The largest absolute Gasteiger partial charge is 0.492 e. The number of aliphatic imine (C=N–C) groups is 1. The van der Waals surface area contributed by atoms with Crippen LogP contribution in [0.1, 0.15) is 12.5 Å². The van der Waals surface area contributed by atoms with E-state index in [9.17, 15) is 5.11 Å². The smallest absolute Gasteiger partial charge is 0.237 e. The van der Waals surface area contributed by atoms with Crippen LogP contribution in [-0.2, 0) is 0 Å². The molecule has 0 aromatic heterocycles. The van der Waals surface area contributed by atoms with Crippen LogP contribution < -0.4 is 15.6 Å². The molecule has 1 radical (unpaired) electrons. The van der Waals surface area contributed by atoms with Gasteiger partial charge in [0.25, 0.3) is 0 Å². The highest BCUT2D eigenvalue weighted by atomic mass is 16.3. The summed E-state index contributed by atoms with van der Waals surface area (Å²) in [6.07, 6.45) is 0. The highest BCUT2D eigenvalue weighted by Gasteiger charge is 2.37. The summed E-state index contributed by atoms with van der Waals surface area (Å²) in [6, 6.07) is 15.6. The van der Waals surface area contributed by atoms with Gasteiger partial charge in [0, 0.05) is 0 Å². The summed E-state index contributed by atoms with van der Waals surface area (Å²) in [5.41, 5.74) is 9.58. The molecule has 0 unspecified atom stereocenters. The molecule has 0 amide bonds. The summed E-state index contributed by atoms with van der Waals surface area (Å²) >= 11 is 0. The molecule has 0 bridgehead atoms. The Morgan fingerprint density at radius 3 is 2.52 bits per heavy atom. The van der Waals surface area contributed by atoms with Crippen LogP contribution in [0.4, 0.5) is 17.1 Å². The zero-order valence-corrected chi connectivity index (χ0v) is 12.9. The van der Waals surface area contributed by atoms with Gasteiger partial charge in [-0.2, -0.15) is 0 Å². The lowest BCUT2D eigenvalue weighted by molar-refractivity contribution is 0.387. The summed E-state index contributed by atoms with van der Waals surface area (Å²) in [7, 11) is 0. The van der Waals surface area contributed by atoms with E-state index in [1.165, 1.54) is 0 Å². The number of aliphatic hydroxyl groups is 1. The van der Waals surface area contributed by atoms with Gasteiger partial charge in [-0.3, -0.25) is 0 Å². The van der Waals surface area contributed by atoms with E-state index in [2.05, 4.69) is 10.5 Å². The number of rotatable bonds is 1. The lowest BCUT2D eigenvalue weighted by atomic mass is 10.1. The normalized spacial score (nSPS) is 15.8. The van der Waals surface area contributed by atoms with Gasteiger partial charge in [0.05, 0.1) is 22.8 Å². The third-order valence-corrected chi connectivity index (χ3v) is 3.79. The van der Waals surface area contributed by atoms with Crippen molar-refractivity contribution < 1.29 is 10.6 Å². The van der Waals surface area contributed by atoms with Crippen molar-refractivity contribution in [2.24, 2.45) is 4.99 Å². The van der Waals surface area contributed by atoms with Crippen molar-refractivity contribution >= 4 is 22.8 Å². The Labute approximate surface area is 134 Å². The molecular formula is C17H17N4O2. The lowest BCUT2D eigenvalue weighted by Gasteiger charge is -2.25. The molecule has 117 valence electrons. The minimum absolute atomic E-state index is 0. The average molecular weight is 309 g/mol. The molecule has 0 aliphatic carbocycles. The van der Waals surface area contributed by atoms with E-state index < -0.39 is 0 Å². The van der Waals surface area contributed by atoms with E-state index in [0.717, 1.165) is 28.3 Å². The van der Waals surface area contributed by atoms with Gasteiger partial charge >= 0.3 is 0 Å². The first-order valence-corrected chi connectivity index (χ1v) is 7.11. The SMILES string of the molecule is CC1=Nc2ccccc2N2[N]N(c3cccc(C)c3)C(O)=C12.O. The van der Waals surface area contributed by atoms with Crippen molar-refractivity contribution in [1.29, 1.82) is 0 Å². The Bertz CT molecular complexity index is 829.